The Morgan fingerprint density at radius 3 is 2.48 bits per heavy atom. The van der Waals surface area contributed by atoms with E-state index in [2.05, 4.69) is 22.8 Å². The molecule has 2 fully saturated rings. The number of piperazine rings is 1. The molecule has 1 aliphatic carbocycles. The minimum absolute atomic E-state index is 0.306. The summed E-state index contributed by atoms with van der Waals surface area (Å²) >= 11 is 6.13. The van der Waals surface area contributed by atoms with Crippen molar-refractivity contribution in [3.05, 3.63) is 34.9 Å². The van der Waals surface area contributed by atoms with E-state index in [1.165, 1.54) is 0 Å². The zero-order valence-electron chi connectivity index (χ0n) is 12.6. The van der Waals surface area contributed by atoms with Crippen LogP contribution in [0.5, 0.6) is 0 Å². The third-order valence-corrected chi connectivity index (χ3v) is 5.34. The molecule has 0 bridgehead atoms. The highest BCUT2D eigenvalue weighted by Crippen LogP contribution is 2.45. The van der Waals surface area contributed by atoms with E-state index in [4.69, 9.17) is 11.6 Å². The minimum atomic E-state index is -0.306. The normalized spacial score (nSPS) is 21.9. The van der Waals surface area contributed by atoms with E-state index in [0.29, 0.717) is 5.91 Å². The predicted octanol–water partition coefficient (Wildman–Crippen LogP) is 2.93. The maximum atomic E-state index is 13.1. The van der Waals surface area contributed by atoms with Crippen molar-refractivity contribution in [2.45, 2.75) is 31.6 Å². The topological polar surface area (TPSA) is 23.6 Å². The number of nitrogens with zero attached hydrogens (tertiary/aromatic N) is 2. The second-order valence-corrected chi connectivity index (χ2v) is 6.61. The number of carbonyl (C=O) groups excluding carboxylic acids is 1. The van der Waals surface area contributed by atoms with Crippen LogP contribution in [0.1, 0.15) is 31.7 Å². The molecular weight excluding hydrogens is 284 g/mol. The summed E-state index contributed by atoms with van der Waals surface area (Å²) in [6.07, 6.45) is 3.05. The second-order valence-electron chi connectivity index (χ2n) is 6.17. The summed E-state index contributed by atoms with van der Waals surface area (Å²) in [5.74, 6) is 0.312. The Morgan fingerprint density at radius 2 is 1.95 bits per heavy atom. The van der Waals surface area contributed by atoms with Crippen LogP contribution >= 0.6 is 11.6 Å². The Labute approximate surface area is 131 Å². The highest BCUT2D eigenvalue weighted by molar-refractivity contribution is 6.30. The monoisotopic (exact) mass is 306 g/mol. The fourth-order valence-corrected chi connectivity index (χ4v) is 3.70. The summed E-state index contributed by atoms with van der Waals surface area (Å²) in [6.45, 7) is 6.95. The van der Waals surface area contributed by atoms with Crippen LogP contribution in [-0.4, -0.2) is 48.4 Å². The standard InChI is InChI=1S/C17H23ClN2O/c1-2-19-9-11-20(12-10-19)16(21)17(7-4-8-17)14-5-3-6-15(18)13-14/h3,5-6,13H,2,4,7-12H2,1H3. The van der Waals surface area contributed by atoms with Crippen molar-refractivity contribution in [2.75, 3.05) is 32.7 Å². The number of hydrogen-bond donors (Lipinski definition) is 0. The largest absolute Gasteiger partial charge is 0.339 e. The third-order valence-electron chi connectivity index (χ3n) is 5.10. The average molecular weight is 307 g/mol. The highest BCUT2D eigenvalue weighted by atomic mass is 35.5. The first kappa shape index (κ1) is 14.9. The van der Waals surface area contributed by atoms with Gasteiger partial charge >= 0.3 is 0 Å². The number of likely N-dealkylation sites (N-methyl/N-ethyl adjacent to an activating group) is 1. The van der Waals surface area contributed by atoms with Crippen LogP contribution < -0.4 is 0 Å². The molecule has 0 N–H and O–H groups in total. The van der Waals surface area contributed by atoms with Crippen molar-refractivity contribution in [1.82, 2.24) is 9.80 Å². The average Bonchev–Trinajstić information content (AvgIpc) is 2.46. The molecule has 0 atom stereocenters. The van der Waals surface area contributed by atoms with Gasteiger partial charge in [-0.15, -0.1) is 0 Å². The molecule has 1 saturated carbocycles. The molecule has 0 spiro atoms. The Balaban J connectivity index is 1.78. The van der Waals surface area contributed by atoms with E-state index >= 15 is 0 Å². The highest BCUT2D eigenvalue weighted by Gasteiger charge is 2.47. The molecule has 21 heavy (non-hydrogen) atoms. The number of rotatable bonds is 3. The van der Waals surface area contributed by atoms with Gasteiger partial charge in [0.2, 0.25) is 5.91 Å². The van der Waals surface area contributed by atoms with Crippen LogP contribution in [0.15, 0.2) is 24.3 Å². The van der Waals surface area contributed by atoms with E-state index in [0.717, 1.165) is 62.6 Å². The van der Waals surface area contributed by atoms with E-state index in [1.807, 2.05) is 18.2 Å². The lowest BCUT2D eigenvalue weighted by Crippen LogP contribution is -2.56. The Kier molecular flexibility index (Phi) is 4.23. The summed E-state index contributed by atoms with van der Waals surface area (Å²) in [6, 6.07) is 7.87. The molecule has 2 aliphatic rings. The molecule has 4 heteroatoms. The molecule has 1 amide bonds. The van der Waals surface area contributed by atoms with Crippen molar-refractivity contribution >= 4 is 17.5 Å². The van der Waals surface area contributed by atoms with E-state index in [-0.39, 0.29) is 5.41 Å². The molecule has 0 aromatic heterocycles. The van der Waals surface area contributed by atoms with Crippen molar-refractivity contribution in [2.24, 2.45) is 0 Å². The molecule has 1 aromatic carbocycles. The Hall–Kier alpha value is -1.06. The van der Waals surface area contributed by atoms with Crippen molar-refractivity contribution < 1.29 is 4.79 Å². The molecule has 1 aromatic rings. The quantitative estimate of drug-likeness (QED) is 0.857. The van der Waals surface area contributed by atoms with Crippen LogP contribution in [0.2, 0.25) is 5.02 Å². The molecule has 1 heterocycles. The first-order valence-electron chi connectivity index (χ1n) is 7.93. The summed E-state index contributed by atoms with van der Waals surface area (Å²) in [4.78, 5) is 17.5. The van der Waals surface area contributed by atoms with Gasteiger partial charge in [-0.2, -0.15) is 0 Å². The van der Waals surface area contributed by atoms with E-state index in [9.17, 15) is 4.79 Å². The van der Waals surface area contributed by atoms with E-state index in [1.54, 1.807) is 0 Å². The molecule has 1 aliphatic heterocycles. The smallest absolute Gasteiger partial charge is 0.233 e. The molecular formula is C17H23ClN2O. The van der Waals surface area contributed by atoms with Gasteiger partial charge in [-0.25, -0.2) is 0 Å². The van der Waals surface area contributed by atoms with Crippen LogP contribution in [0.25, 0.3) is 0 Å². The lowest BCUT2D eigenvalue weighted by molar-refractivity contribution is -0.142. The van der Waals surface area contributed by atoms with Gasteiger partial charge in [0.15, 0.2) is 0 Å². The fourth-order valence-electron chi connectivity index (χ4n) is 3.51. The third kappa shape index (κ3) is 2.69. The Bertz CT molecular complexity index is 519. The van der Waals surface area contributed by atoms with Crippen LogP contribution in [-0.2, 0) is 10.2 Å². The molecule has 1 saturated heterocycles. The number of halogens is 1. The second kappa shape index (κ2) is 5.98. The summed E-state index contributed by atoms with van der Waals surface area (Å²) < 4.78 is 0. The lowest BCUT2D eigenvalue weighted by Gasteiger charge is -2.46. The minimum Gasteiger partial charge on any atom is -0.339 e. The van der Waals surface area contributed by atoms with Crippen molar-refractivity contribution in [3.8, 4) is 0 Å². The van der Waals surface area contributed by atoms with Gasteiger partial charge in [0, 0.05) is 31.2 Å². The summed E-state index contributed by atoms with van der Waals surface area (Å²) in [5.41, 5.74) is 0.795. The molecule has 3 rings (SSSR count). The van der Waals surface area contributed by atoms with Gasteiger partial charge in [0.1, 0.15) is 0 Å². The summed E-state index contributed by atoms with van der Waals surface area (Å²) in [5, 5.41) is 0.724. The number of hydrogen-bond acceptors (Lipinski definition) is 2. The first-order valence-corrected chi connectivity index (χ1v) is 8.31. The lowest BCUT2D eigenvalue weighted by atomic mass is 9.63. The summed E-state index contributed by atoms with van der Waals surface area (Å²) in [7, 11) is 0. The number of benzene rings is 1. The number of carbonyl (C=O) groups is 1. The van der Waals surface area contributed by atoms with Crippen molar-refractivity contribution in [3.63, 3.8) is 0 Å². The molecule has 0 unspecified atom stereocenters. The fraction of sp³-hybridized carbons (Fsp3) is 0.588. The number of amides is 1. The molecule has 114 valence electrons. The van der Waals surface area contributed by atoms with Crippen molar-refractivity contribution in [1.29, 1.82) is 0 Å². The first-order chi connectivity index (χ1) is 10.2. The van der Waals surface area contributed by atoms with Crippen LogP contribution in [0.4, 0.5) is 0 Å². The maximum Gasteiger partial charge on any atom is 0.233 e. The zero-order valence-corrected chi connectivity index (χ0v) is 13.4. The van der Waals surface area contributed by atoms with Crippen LogP contribution in [0.3, 0.4) is 0 Å². The zero-order chi connectivity index (χ0) is 14.9. The van der Waals surface area contributed by atoms with Gasteiger partial charge in [-0.3, -0.25) is 4.79 Å². The molecule has 3 nitrogen and oxygen atoms in total. The van der Waals surface area contributed by atoms with Gasteiger partial charge in [-0.1, -0.05) is 37.1 Å². The SMILES string of the molecule is CCN1CCN(C(=O)C2(c3cccc(Cl)c3)CCC2)CC1. The van der Waals surface area contributed by atoms with Gasteiger partial charge < -0.3 is 9.80 Å². The van der Waals surface area contributed by atoms with Gasteiger partial charge in [-0.05, 0) is 37.1 Å². The predicted molar refractivity (Wildman–Crippen MR) is 85.7 cm³/mol. The Morgan fingerprint density at radius 1 is 1.24 bits per heavy atom. The van der Waals surface area contributed by atoms with Gasteiger partial charge in [0.05, 0.1) is 5.41 Å². The van der Waals surface area contributed by atoms with Crippen LogP contribution in [0, 0.1) is 0 Å². The van der Waals surface area contributed by atoms with Gasteiger partial charge in [0.25, 0.3) is 0 Å². The van der Waals surface area contributed by atoms with E-state index < -0.39 is 0 Å². The molecule has 0 radical (unpaired) electrons. The maximum absolute atomic E-state index is 13.1.